The monoisotopic (exact) mass is 368 g/mol. The molecule has 0 radical (unpaired) electrons. The zero-order valence-corrected chi connectivity index (χ0v) is 16.0. The summed E-state index contributed by atoms with van der Waals surface area (Å²) in [7, 11) is 0. The Balaban J connectivity index is 1.42. The van der Waals surface area contributed by atoms with E-state index in [1.807, 2.05) is 47.0 Å². The lowest BCUT2D eigenvalue weighted by molar-refractivity contribution is 0.573. The molecule has 3 rings (SSSR count). The maximum Gasteiger partial charge on any atom is 0.171 e. The van der Waals surface area contributed by atoms with Crippen LogP contribution in [0.1, 0.15) is 23.1 Å². The zero-order valence-electron chi connectivity index (χ0n) is 15.1. The van der Waals surface area contributed by atoms with Gasteiger partial charge < -0.3 is 10.6 Å². The van der Waals surface area contributed by atoms with Crippen LogP contribution in [0.15, 0.2) is 48.9 Å². The molecule has 0 bridgehead atoms. The Morgan fingerprint density at radius 2 is 2.00 bits per heavy atom. The summed E-state index contributed by atoms with van der Waals surface area (Å²) in [6, 6.07) is 10.3. The van der Waals surface area contributed by atoms with E-state index in [9.17, 15) is 0 Å². The molecule has 6 nitrogen and oxygen atoms in total. The molecule has 7 heteroatoms. The van der Waals surface area contributed by atoms with Crippen molar-refractivity contribution in [3.63, 3.8) is 0 Å². The Morgan fingerprint density at radius 1 is 1.15 bits per heavy atom. The standard InChI is InChI=1S/C19H24N6S/c1-15-12-21-24(13-15)10-5-9-20-19(26)22-18-8-11-25(23-18)14-17-7-4-3-6-16(17)2/h3-4,6-8,11-13H,5,9-10,14H2,1-2H3,(H2,20,22,23,26). The molecule has 0 spiro atoms. The van der Waals surface area contributed by atoms with Gasteiger partial charge in [0.05, 0.1) is 12.7 Å². The number of anilines is 1. The van der Waals surface area contributed by atoms with Gasteiger partial charge in [0.2, 0.25) is 0 Å². The van der Waals surface area contributed by atoms with E-state index >= 15 is 0 Å². The van der Waals surface area contributed by atoms with Gasteiger partial charge in [-0.05, 0) is 49.2 Å². The summed E-state index contributed by atoms with van der Waals surface area (Å²) in [6.07, 6.45) is 6.81. The van der Waals surface area contributed by atoms with Crippen LogP contribution in [0.2, 0.25) is 0 Å². The first-order valence-corrected chi connectivity index (χ1v) is 9.13. The molecule has 2 N–H and O–H groups in total. The van der Waals surface area contributed by atoms with Crippen LogP contribution >= 0.6 is 12.2 Å². The fourth-order valence-electron chi connectivity index (χ4n) is 2.67. The average Bonchev–Trinajstić information content (AvgIpc) is 3.23. The minimum absolute atomic E-state index is 0.586. The summed E-state index contributed by atoms with van der Waals surface area (Å²) < 4.78 is 3.86. The number of aromatic nitrogens is 4. The van der Waals surface area contributed by atoms with E-state index < -0.39 is 0 Å². The first-order chi connectivity index (χ1) is 12.6. The topological polar surface area (TPSA) is 59.7 Å². The van der Waals surface area contributed by atoms with Crippen LogP contribution in [0.3, 0.4) is 0 Å². The number of hydrogen-bond acceptors (Lipinski definition) is 3. The van der Waals surface area contributed by atoms with Gasteiger partial charge in [0.25, 0.3) is 0 Å². The highest BCUT2D eigenvalue weighted by atomic mass is 32.1. The molecular weight excluding hydrogens is 344 g/mol. The molecule has 2 aromatic heterocycles. The lowest BCUT2D eigenvalue weighted by atomic mass is 10.1. The van der Waals surface area contributed by atoms with E-state index in [0.29, 0.717) is 5.11 Å². The van der Waals surface area contributed by atoms with Crippen LogP contribution < -0.4 is 10.6 Å². The van der Waals surface area contributed by atoms with Gasteiger partial charge in [0.15, 0.2) is 10.9 Å². The first-order valence-electron chi connectivity index (χ1n) is 8.72. The van der Waals surface area contributed by atoms with Gasteiger partial charge >= 0.3 is 0 Å². The number of thiocarbonyl (C=S) groups is 1. The van der Waals surface area contributed by atoms with Crippen LogP contribution in [0.5, 0.6) is 0 Å². The van der Waals surface area contributed by atoms with Gasteiger partial charge in [0, 0.05) is 31.5 Å². The van der Waals surface area contributed by atoms with Crippen LogP contribution in [0.4, 0.5) is 5.82 Å². The van der Waals surface area contributed by atoms with E-state index in [1.165, 1.54) is 16.7 Å². The van der Waals surface area contributed by atoms with Crippen molar-refractivity contribution in [2.75, 3.05) is 11.9 Å². The second-order valence-electron chi connectivity index (χ2n) is 6.34. The van der Waals surface area contributed by atoms with Gasteiger partial charge in [-0.1, -0.05) is 24.3 Å². The van der Waals surface area contributed by atoms with E-state index in [-0.39, 0.29) is 0 Å². The summed E-state index contributed by atoms with van der Waals surface area (Å²) in [4.78, 5) is 0. The van der Waals surface area contributed by atoms with Crippen molar-refractivity contribution in [3.8, 4) is 0 Å². The van der Waals surface area contributed by atoms with E-state index in [1.54, 1.807) is 0 Å². The normalized spacial score (nSPS) is 10.7. The summed E-state index contributed by atoms with van der Waals surface area (Å²) in [5.74, 6) is 0.749. The first kappa shape index (κ1) is 18.1. The zero-order chi connectivity index (χ0) is 18.4. The fourth-order valence-corrected chi connectivity index (χ4v) is 2.88. The molecule has 136 valence electrons. The van der Waals surface area contributed by atoms with Crippen molar-refractivity contribution in [2.24, 2.45) is 0 Å². The largest absolute Gasteiger partial charge is 0.362 e. The highest BCUT2D eigenvalue weighted by Crippen LogP contribution is 2.10. The van der Waals surface area contributed by atoms with E-state index in [0.717, 1.165) is 31.9 Å². The van der Waals surface area contributed by atoms with Gasteiger partial charge in [-0.25, -0.2) is 0 Å². The second-order valence-corrected chi connectivity index (χ2v) is 6.75. The predicted octanol–water partition coefficient (Wildman–Crippen LogP) is 3.12. The molecule has 0 aliphatic heterocycles. The quantitative estimate of drug-likeness (QED) is 0.496. The summed E-state index contributed by atoms with van der Waals surface area (Å²) in [5.41, 5.74) is 3.70. The average molecular weight is 369 g/mol. The molecule has 0 atom stereocenters. The van der Waals surface area contributed by atoms with Crippen LogP contribution in [-0.2, 0) is 13.1 Å². The Morgan fingerprint density at radius 3 is 2.77 bits per heavy atom. The molecular formula is C19H24N6S. The van der Waals surface area contributed by atoms with Crippen molar-refractivity contribution in [2.45, 2.75) is 33.4 Å². The van der Waals surface area contributed by atoms with Crippen molar-refractivity contribution in [3.05, 3.63) is 65.6 Å². The maximum atomic E-state index is 5.34. The Kier molecular flexibility index (Phi) is 6.01. The third-order valence-corrected chi connectivity index (χ3v) is 4.33. The van der Waals surface area contributed by atoms with Crippen molar-refractivity contribution < 1.29 is 0 Å². The maximum absolute atomic E-state index is 5.34. The predicted molar refractivity (Wildman–Crippen MR) is 108 cm³/mol. The number of nitrogens with zero attached hydrogens (tertiary/aromatic N) is 4. The lowest BCUT2D eigenvalue weighted by Gasteiger charge is -2.09. The summed E-state index contributed by atoms with van der Waals surface area (Å²) in [5, 5.41) is 15.7. The third-order valence-electron chi connectivity index (χ3n) is 4.09. The molecule has 0 saturated carbocycles. The Hall–Kier alpha value is -2.67. The number of hydrogen-bond donors (Lipinski definition) is 2. The van der Waals surface area contributed by atoms with Gasteiger partial charge in [0.1, 0.15) is 0 Å². The van der Waals surface area contributed by atoms with Gasteiger partial charge in [-0.15, -0.1) is 0 Å². The van der Waals surface area contributed by atoms with Gasteiger partial charge in [-0.3, -0.25) is 9.36 Å². The SMILES string of the molecule is Cc1cnn(CCCNC(=S)Nc2ccn(Cc3ccccc3C)n2)c1. The van der Waals surface area contributed by atoms with Crippen molar-refractivity contribution in [1.29, 1.82) is 0 Å². The second kappa shape index (κ2) is 8.62. The minimum atomic E-state index is 0.586. The molecule has 26 heavy (non-hydrogen) atoms. The Labute approximate surface area is 159 Å². The van der Waals surface area contributed by atoms with Crippen LogP contribution in [-0.4, -0.2) is 31.2 Å². The number of rotatable bonds is 7. The fraction of sp³-hybridized carbons (Fsp3) is 0.316. The smallest absolute Gasteiger partial charge is 0.171 e. The highest BCUT2D eigenvalue weighted by molar-refractivity contribution is 7.80. The number of benzene rings is 1. The van der Waals surface area contributed by atoms with Gasteiger partial charge in [-0.2, -0.15) is 10.2 Å². The van der Waals surface area contributed by atoms with E-state index in [2.05, 4.69) is 46.0 Å². The lowest BCUT2D eigenvalue weighted by Crippen LogP contribution is -2.30. The number of aryl methyl sites for hydroxylation is 3. The third kappa shape index (κ3) is 5.16. The van der Waals surface area contributed by atoms with Crippen molar-refractivity contribution >= 4 is 23.1 Å². The molecule has 3 aromatic rings. The minimum Gasteiger partial charge on any atom is -0.362 e. The molecule has 1 aromatic carbocycles. The van der Waals surface area contributed by atoms with Crippen LogP contribution in [0, 0.1) is 13.8 Å². The molecule has 0 amide bonds. The van der Waals surface area contributed by atoms with E-state index in [4.69, 9.17) is 12.2 Å². The molecule has 0 fully saturated rings. The highest BCUT2D eigenvalue weighted by Gasteiger charge is 2.04. The molecule has 0 unspecified atom stereocenters. The summed E-state index contributed by atoms with van der Waals surface area (Å²) >= 11 is 5.34. The Bertz CT molecular complexity index is 866. The number of nitrogens with one attached hydrogen (secondary N) is 2. The van der Waals surface area contributed by atoms with Crippen LogP contribution in [0.25, 0.3) is 0 Å². The summed E-state index contributed by atoms with van der Waals surface area (Å²) in [6.45, 7) is 6.56. The molecule has 0 aliphatic rings. The molecule has 0 aliphatic carbocycles. The molecule has 2 heterocycles. The van der Waals surface area contributed by atoms with Crippen molar-refractivity contribution in [1.82, 2.24) is 24.9 Å². The molecule has 0 saturated heterocycles.